The van der Waals surface area contributed by atoms with Gasteiger partial charge in [0.15, 0.2) is 0 Å². The Kier molecular flexibility index (Phi) is 4.23. The second kappa shape index (κ2) is 5.92. The predicted octanol–water partition coefficient (Wildman–Crippen LogP) is 4.11. The molecule has 0 saturated carbocycles. The molecule has 0 aliphatic rings. The fourth-order valence-electron chi connectivity index (χ4n) is 1.95. The van der Waals surface area contributed by atoms with Crippen LogP contribution in [0.5, 0.6) is 0 Å². The number of carbonyl (C=O) groups is 1. The Hall–Kier alpha value is -2.41. The number of aryl methyl sites for hydroxylation is 1. The number of benzene rings is 2. The number of nitrogens with one attached hydrogen (secondary N) is 1. The highest BCUT2D eigenvalue weighted by Crippen LogP contribution is 2.32. The Balaban J connectivity index is 2.56. The largest absolute Gasteiger partial charge is 0.478 e. The number of para-hydroxylation sites is 1. The molecule has 2 aromatic rings. The van der Waals surface area contributed by atoms with E-state index in [0.717, 1.165) is 10.0 Å². The summed E-state index contributed by atoms with van der Waals surface area (Å²) in [6.45, 7) is 1.87. The van der Waals surface area contributed by atoms with Gasteiger partial charge in [-0.2, -0.15) is 0 Å². The zero-order valence-electron chi connectivity index (χ0n) is 11.0. The van der Waals surface area contributed by atoms with Crippen molar-refractivity contribution in [3.05, 3.63) is 62.1 Å². The van der Waals surface area contributed by atoms with Crippen LogP contribution >= 0.6 is 15.9 Å². The number of rotatable bonds is 4. The first kappa shape index (κ1) is 15.0. The minimum atomic E-state index is -1.23. The van der Waals surface area contributed by atoms with Gasteiger partial charge in [0.1, 0.15) is 5.69 Å². The minimum Gasteiger partial charge on any atom is -0.478 e. The minimum absolute atomic E-state index is 0.0347. The lowest BCUT2D eigenvalue weighted by Gasteiger charge is -2.11. The van der Waals surface area contributed by atoms with Crippen LogP contribution in [0.15, 0.2) is 40.9 Å². The Bertz CT molecular complexity index is 678. The molecule has 0 amide bonds. The van der Waals surface area contributed by atoms with Crippen molar-refractivity contribution in [2.45, 2.75) is 6.92 Å². The lowest BCUT2D eigenvalue weighted by Crippen LogP contribution is -2.06. The predicted molar refractivity (Wildman–Crippen MR) is 82.2 cm³/mol. The molecule has 7 heteroatoms. The van der Waals surface area contributed by atoms with Crippen molar-refractivity contribution in [1.82, 2.24) is 0 Å². The van der Waals surface area contributed by atoms with E-state index in [4.69, 9.17) is 0 Å². The molecular formula is C14H11BrN2O4. The zero-order valence-corrected chi connectivity index (χ0v) is 12.5. The van der Waals surface area contributed by atoms with Gasteiger partial charge in [-0.15, -0.1) is 0 Å². The van der Waals surface area contributed by atoms with Crippen LogP contribution < -0.4 is 5.32 Å². The van der Waals surface area contributed by atoms with Crippen molar-refractivity contribution in [3.63, 3.8) is 0 Å². The molecule has 0 spiro atoms. The van der Waals surface area contributed by atoms with E-state index in [9.17, 15) is 20.0 Å². The van der Waals surface area contributed by atoms with E-state index in [0.29, 0.717) is 5.69 Å². The summed E-state index contributed by atoms with van der Waals surface area (Å²) in [6, 6.07) is 9.30. The second-order valence-corrected chi connectivity index (χ2v) is 5.32. The van der Waals surface area contributed by atoms with Gasteiger partial charge in [0.25, 0.3) is 5.69 Å². The maximum absolute atomic E-state index is 11.2. The Morgan fingerprint density at radius 1 is 1.33 bits per heavy atom. The number of halogens is 1. The third-order valence-corrected chi connectivity index (χ3v) is 3.24. The van der Waals surface area contributed by atoms with Gasteiger partial charge in [0, 0.05) is 16.2 Å². The van der Waals surface area contributed by atoms with Crippen molar-refractivity contribution in [2.24, 2.45) is 0 Å². The number of anilines is 2. The number of hydrogen-bond donors (Lipinski definition) is 2. The standard InChI is InChI=1S/C14H11BrN2O4/c1-8-5-9(15)7-10(6-8)16-13-11(14(18)19)3-2-4-12(13)17(20)21/h2-7,16H,1H3,(H,18,19). The number of hydrogen-bond acceptors (Lipinski definition) is 4. The normalized spacial score (nSPS) is 10.2. The number of carboxylic acids is 1. The topological polar surface area (TPSA) is 92.5 Å². The first-order chi connectivity index (χ1) is 9.88. The van der Waals surface area contributed by atoms with Crippen LogP contribution in [0, 0.1) is 17.0 Å². The summed E-state index contributed by atoms with van der Waals surface area (Å²) in [6.07, 6.45) is 0. The molecule has 2 rings (SSSR count). The SMILES string of the molecule is Cc1cc(Br)cc(Nc2c(C(=O)O)cccc2[N+](=O)[O-])c1. The van der Waals surface area contributed by atoms with Crippen LogP contribution in [0.4, 0.5) is 17.1 Å². The van der Waals surface area contributed by atoms with E-state index in [1.54, 1.807) is 12.1 Å². The summed E-state index contributed by atoms with van der Waals surface area (Å²) in [5.74, 6) is -1.23. The van der Waals surface area contributed by atoms with Gasteiger partial charge < -0.3 is 10.4 Å². The van der Waals surface area contributed by atoms with Crippen LogP contribution in [-0.4, -0.2) is 16.0 Å². The van der Waals surface area contributed by atoms with Crippen LogP contribution in [0.25, 0.3) is 0 Å². The summed E-state index contributed by atoms with van der Waals surface area (Å²) in [7, 11) is 0. The van der Waals surface area contributed by atoms with Crippen molar-refractivity contribution < 1.29 is 14.8 Å². The first-order valence-electron chi connectivity index (χ1n) is 5.93. The smallest absolute Gasteiger partial charge is 0.338 e. The Morgan fingerprint density at radius 3 is 2.62 bits per heavy atom. The molecule has 0 aliphatic heterocycles. The number of nitro benzene ring substituents is 1. The third kappa shape index (κ3) is 3.38. The fraction of sp³-hybridized carbons (Fsp3) is 0.0714. The summed E-state index contributed by atoms with van der Waals surface area (Å²) < 4.78 is 0.792. The van der Waals surface area contributed by atoms with Gasteiger partial charge in [0.2, 0.25) is 0 Å². The molecule has 2 aromatic carbocycles. The van der Waals surface area contributed by atoms with Crippen LogP contribution in [0.3, 0.4) is 0 Å². The zero-order chi connectivity index (χ0) is 15.6. The van der Waals surface area contributed by atoms with Crippen LogP contribution in [0.2, 0.25) is 0 Å². The number of nitro groups is 1. The highest BCUT2D eigenvalue weighted by Gasteiger charge is 2.21. The molecule has 0 aliphatic carbocycles. The maximum atomic E-state index is 11.2. The molecule has 6 nitrogen and oxygen atoms in total. The van der Waals surface area contributed by atoms with Crippen molar-refractivity contribution >= 4 is 39.0 Å². The van der Waals surface area contributed by atoms with E-state index in [1.165, 1.54) is 18.2 Å². The Morgan fingerprint density at radius 2 is 2.05 bits per heavy atom. The van der Waals surface area contributed by atoms with Crippen LogP contribution in [0.1, 0.15) is 15.9 Å². The van der Waals surface area contributed by atoms with E-state index < -0.39 is 10.9 Å². The van der Waals surface area contributed by atoms with E-state index in [2.05, 4.69) is 21.2 Å². The third-order valence-electron chi connectivity index (χ3n) is 2.78. The molecule has 0 bridgehead atoms. The molecule has 0 radical (unpaired) electrons. The molecule has 2 N–H and O–H groups in total. The van der Waals surface area contributed by atoms with Crippen molar-refractivity contribution in [1.29, 1.82) is 0 Å². The van der Waals surface area contributed by atoms with Crippen LogP contribution in [-0.2, 0) is 0 Å². The van der Waals surface area contributed by atoms with Gasteiger partial charge in [-0.1, -0.05) is 22.0 Å². The van der Waals surface area contributed by atoms with Gasteiger partial charge in [-0.05, 0) is 36.8 Å². The monoisotopic (exact) mass is 350 g/mol. The number of aromatic carboxylic acids is 1. The average Bonchev–Trinajstić information content (AvgIpc) is 2.37. The quantitative estimate of drug-likeness (QED) is 0.639. The van der Waals surface area contributed by atoms with Gasteiger partial charge in [-0.25, -0.2) is 4.79 Å². The van der Waals surface area contributed by atoms with E-state index >= 15 is 0 Å². The fourth-order valence-corrected chi connectivity index (χ4v) is 2.56. The summed E-state index contributed by atoms with van der Waals surface area (Å²) >= 11 is 3.33. The van der Waals surface area contributed by atoms with Gasteiger partial charge in [0.05, 0.1) is 10.5 Å². The first-order valence-corrected chi connectivity index (χ1v) is 6.72. The van der Waals surface area contributed by atoms with Gasteiger partial charge in [-0.3, -0.25) is 10.1 Å². The summed E-state index contributed by atoms with van der Waals surface area (Å²) in [5, 5.41) is 23.1. The lowest BCUT2D eigenvalue weighted by atomic mass is 10.1. The molecule has 0 saturated heterocycles. The highest BCUT2D eigenvalue weighted by molar-refractivity contribution is 9.10. The molecule has 0 heterocycles. The molecule has 0 aromatic heterocycles. The van der Waals surface area contributed by atoms with E-state index in [1.807, 2.05) is 13.0 Å². The molecular weight excluding hydrogens is 340 g/mol. The average molecular weight is 351 g/mol. The molecule has 108 valence electrons. The number of carboxylic acid groups (broad SMARTS) is 1. The Labute approximate surface area is 128 Å². The molecule has 0 fully saturated rings. The maximum Gasteiger partial charge on any atom is 0.338 e. The summed E-state index contributed by atoms with van der Waals surface area (Å²) in [4.78, 5) is 21.7. The molecule has 0 atom stereocenters. The highest BCUT2D eigenvalue weighted by atomic mass is 79.9. The number of nitrogens with zero attached hydrogens (tertiary/aromatic N) is 1. The lowest BCUT2D eigenvalue weighted by molar-refractivity contribution is -0.383. The molecule has 0 unspecified atom stereocenters. The second-order valence-electron chi connectivity index (χ2n) is 4.40. The summed E-state index contributed by atoms with van der Waals surface area (Å²) in [5.41, 5.74) is 1.03. The van der Waals surface area contributed by atoms with E-state index in [-0.39, 0.29) is 16.9 Å². The van der Waals surface area contributed by atoms with Crippen molar-refractivity contribution in [3.8, 4) is 0 Å². The molecule has 21 heavy (non-hydrogen) atoms. The van der Waals surface area contributed by atoms with Crippen molar-refractivity contribution in [2.75, 3.05) is 5.32 Å². The van der Waals surface area contributed by atoms with Gasteiger partial charge >= 0.3 is 5.97 Å².